The quantitative estimate of drug-likeness (QED) is 0.790. The summed E-state index contributed by atoms with van der Waals surface area (Å²) in [4.78, 5) is 18.1. The van der Waals surface area contributed by atoms with E-state index in [1.165, 1.54) is 39.0 Å². The molecule has 2 rings (SSSR count). The van der Waals surface area contributed by atoms with Crippen molar-refractivity contribution in [3.8, 4) is 0 Å². The van der Waals surface area contributed by atoms with E-state index in [1.54, 1.807) is 0 Å². The van der Waals surface area contributed by atoms with Crippen molar-refractivity contribution in [2.24, 2.45) is 0 Å². The average molecular weight is 269 g/mol. The van der Waals surface area contributed by atoms with Crippen LogP contribution in [-0.4, -0.2) is 84.2 Å². The summed E-state index contributed by atoms with van der Waals surface area (Å²) in [6.07, 6.45) is 2.75. The molecule has 0 radical (unpaired) electrons. The molecule has 2 aliphatic heterocycles. The van der Waals surface area contributed by atoms with E-state index in [-0.39, 0.29) is 6.42 Å². The zero-order valence-corrected chi connectivity index (χ0v) is 12.1. The van der Waals surface area contributed by atoms with Crippen molar-refractivity contribution in [2.45, 2.75) is 32.2 Å². The van der Waals surface area contributed by atoms with Crippen LogP contribution < -0.4 is 0 Å². The van der Waals surface area contributed by atoms with Crippen LogP contribution in [0, 0.1) is 0 Å². The number of nitrogens with zero attached hydrogens (tertiary/aromatic N) is 3. The molecule has 2 saturated heterocycles. The Morgan fingerprint density at radius 1 is 1.16 bits per heavy atom. The SMILES string of the molecule is CCN1CCN(C2CCCN(CCC(=O)O)C2)CC1. The lowest BCUT2D eigenvalue weighted by atomic mass is 10.0. The molecule has 0 amide bonds. The molecular formula is C14H27N3O2. The Hall–Kier alpha value is -0.650. The van der Waals surface area contributed by atoms with Crippen LogP contribution in [0.3, 0.4) is 0 Å². The molecule has 110 valence electrons. The lowest BCUT2D eigenvalue weighted by molar-refractivity contribution is -0.137. The number of likely N-dealkylation sites (N-methyl/N-ethyl adjacent to an activating group) is 1. The predicted molar refractivity (Wildman–Crippen MR) is 75.4 cm³/mol. The van der Waals surface area contributed by atoms with E-state index < -0.39 is 5.97 Å². The van der Waals surface area contributed by atoms with Gasteiger partial charge in [-0.3, -0.25) is 9.69 Å². The molecule has 2 fully saturated rings. The van der Waals surface area contributed by atoms with Crippen molar-refractivity contribution in [3.63, 3.8) is 0 Å². The number of aliphatic carboxylic acids is 1. The van der Waals surface area contributed by atoms with E-state index in [4.69, 9.17) is 5.11 Å². The van der Waals surface area contributed by atoms with Gasteiger partial charge in [0.15, 0.2) is 0 Å². The van der Waals surface area contributed by atoms with Gasteiger partial charge in [-0.15, -0.1) is 0 Å². The van der Waals surface area contributed by atoms with Gasteiger partial charge in [-0.25, -0.2) is 0 Å². The number of likely N-dealkylation sites (tertiary alicyclic amines) is 1. The van der Waals surface area contributed by atoms with Crippen LogP contribution in [0.4, 0.5) is 0 Å². The number of carbonyl (C=O) groups is 1. The van der Waals surface area contributed by atoms with E-state index in [0.29, 0.717) is 12.6 Å². The third-order valence-corrected chi connectivity index (χ3v) is 4.49. The molecule has 19 heavy (non-hydrogen) atoms. The second kappa shape index (κ2) is 7.22. The molecule has 1 N–H and O–H groups in total. The molecule has 0 aromatic rings. The highest BCUT2D eigenvalue weighted by Crippen LogP contribution is 2.17. The Labute approximate surface area is 116 Å². The largest absolute Gasteiger partial charge is 0.481 e. The summed E-state index contributed by atoms with van der Waals surface area (Å²) in [5, 5.41) is 8.77. The summed E-state index contributed by atoms with van der Waals surface area (Å²) in [6.45, 7) is 10.9. The highest BCUT2D eigenvalue weighted by Gasteiger charge is 2.27. The lowest BCUT2D eigenvalue weighted by Crippen LogP contribution is -2.55. The first-order chi connectivity index (χ1) is 9.19. The van der Waals surface area contributed by atoms with Crippen molar-refractivity contribution in [2.75, 3.05) is 52.4 Å². The number of piperidine rings is 1. The van der Waals surface area contributed by atoms with Gasteiger partial charge in [0, 0.05) is 45.3 Å². The average Bonchev–Trinajstić information content (AvgIpc) is 2.45. The molecule has 1 unspecified atom stereocenters. The van der Waals surface area contributed by atoms with Crippen LogP contribution in [0.15, 0.2) is 0 Å². The van der Waals surface area contributed by atoms with Crippen LogP contribution in [0.5, 0.6) is 0 Å². The Kier molecular flexibility index (Phi) is 5.60. The molecular weight excluding hydrogens is 242 g/mol. The van der Waals surface area contributed by atoms with Gasteiger partial charge in [0.2, 0.25) is 0 Å². The molecule has 2 aliphatic rings. The van der Waals surface area contributed by atoms with Gasteiger partial charge in [0.1, 0.15) is 0 Å². The molecule has 0 bridgehead atoms. The molecule has 5 nitrogen and oxygen atoms in total. The first-order valence-corrected chi connectivity index (χ1v) is 7.59. The first kappa shape index (κ1) is 14.8. The van der Waals surface area contributed by atoms with E-state index >= 15 is 0 Å². The van der Waals surface area contributed by atoms with Gasteiger partial charge >= 0.3 is 5.97 Å². The molecule has 0 aliphatic carbocycles. The summed E-state index contributed by atoms with van der Waals surface area (Å²) in [7, 11) is 0. The van der Waals surface area contributed by atoms with Crippen LogP contribution in [0.25, 0.3) is 0 Å². The minimum atomic E-state index is -0.682. The van der Waals surface area contributed by atoms with Crippen LogP contribution in [0.1, 0.15) is 26.2 Å². The summed E-state index contributed by atoms with van der Waals surface area (Å²) in [6, 6.07) is 0.640. The van der Waals surface area contributed by atoms with Crippen molar-refractivity contribution < 1.29 is 9.90 Å². The molecule has 5 heteroatoms. The summed E-state index contributed by atoms with van der Waals surface area (Å²) in [5.74, 6) is -0.682. The smallest absolute Gasteiger partial charge is 0.304 e. The number of piperazine rings is 1. The fraction of sp³-hybridized carbons (Fsp3) is 0.929. The third-order valence-electron chi connectivity index (χ3n) is 4.49. The maximum atomic E-state index is 10.7. The van der Waals surface area contributed by atoms with Crippen molar-refractivity contribution in [1.29, 1.82) is 0 Å². The van der Waals surface area contributed by atoms with Crippen molar-refractivity contribution in [1.82, 2.24) is 14.7 Å². The maximum absolute atomic E-state index is 10.7. The molecule has 0 spiro atoms. The monoisotopic (exact) mass is 269 g/mol. The Morgan fingerprint density at radius 3 is 2.53 bits per heavy atom. The minimum absolute atomic E-state index is 0.274. The Morgan fingerprint density at radius 2 is 1.89 bits per heavy atom. The third kappa shape index (κ3) is 4.44. The van der Waals surface area contributed by atoms with Gasteiger partial charge < -0.3 is 14.9 Å². The Balaban J connectivity index is 1.76. The zero-order valence-electron chi connectivity index (χ0n) is 12.1. The van der Waals surface area contributed by atoms with E-state index in [9.17, 15) is 4.79 Å². The van der Waals surface area contributed by atoms with E-state index in [0.717, 1.165) is 19.6 Å². The number of carboxylic acids is 1. The minimum Gasteiger partial charge on any atom is -0.481 e. The second-order valence-corrected chi connectivity index (χ2v) is 5.71. The van der Waals surface area contributed by atoms with Gasteiger partial charge in [-0.05, 0) is 25.9 Å². The van der Waals surface area contributed by atoms with Crippen LogP contribution in [-0.2, 0) is 4.79 Å². The number of hydrogen-bond donors (Lipinski definition) is 1. The maximum Gasteiger partial charge on any atom is 0.304 e. The van der Waals surface area contributed by atoms with E-state index in [2.05, 4.69) is 21.6 Å². The lowest BCUT2D eigenvalue weighted by Gasteiger charge is -2.43. The number of hydrogen-bond acceptors (Lipinski definition) is 4. The molecule has 0 aromatic heterocycles. The Bertz CT molecular complexity index is 290. The zero-order chi connectivity index (χ0) is 13.7. The normalized spacial score (nSPS) is 27.5. The molecule has 0 saturated carbocycles. The molecule has 2 heterocycles. The number of carboxylic acid groups (broad SMARTS) is 1. The van der Waals surface area contributed by atoms with Crippen molar-refractivity contribution >= 4 is 5.97 Å². The van der Waals surface area contributed by atoms with Crippen LogP contribution in [0.2, 0.25) is 0 Å². The fourth-order valence-corrected chi connectivity index (χ4v) is 3.23. The topological polar surface area (TPSA) is 47.0 Å². The summed E-state index contributed by atoms with van der Waals surface area (Å²) >= 11 is 0. The molecule has 1 atom stereocenters. The van der Waals surface area contributed by atoms with Gasteiger partial charge in [0.25, 0.3) is 0 Å². The van der Waals surface area contributed by atoms with Crippen LogP contribution >= 0.6 is 0 Å². The fourth-order valence-electron chi connectivity index (χ4n) is 3.23. The van der Waals surface area contributed by atoms with Gasteiger partial charge in [-0.1, -0.05) is 6.92 Å². The standard InChI is InChI=1S/C14H27N3O2/c1-2-15-8-10-17(11-9-15)13-4-3-6-16(12-13)7-5-14(18)19/h13H,2-12H2,1H3,(H,18,19). The van der Waals surface area contributed by atoms with Gasteiger partial charge in [0.05, 0.1) is 6.42 Å². The van der Waals surface area contributed by atoms with Crippen molar-refractivity contribution in [3.05, 3.63) is 0 Å². The highest BCUT2D eigenvalue weighted by atomic mass is 16.4. The summed E-state index contributed by atoms with van der Waals surface area (Å²) in [5.41, 5.74) is 0. The summed E-state index contributed by atoms with van der Waals surface area (Å²) < 4.78 is 0. The first-order valence-electron chi connectivity index (χ1n) is 7.59. The predicted octanol–water partition coefficient (Wildman–Crippen LogP) is 0.563. The van der Waals surface area contributed by atoms with Gasteiger partial charge in [-0.2, -0.15) is 0 Å². The molecule has 0 aromatic carbocycles. The number of rotatable bonds is 5. The second-order valence-electron chi connectivity index (χ2n) is 5.71. The van der Waals surface area contributed by atoms with E-state index in [1.807, 2.05) is 0 Å². The highest BCUT2D eigenvalue weighted by molar-refractivity contribution is 5.66.